The molecule has 2 aliphatic rings. The van der Waals surface area contributed by atoms with Crippen LogP contribution in [0.2, 0.25) is 0 Å². The van der Waals surface area contributed by atoms with Gasteiger partial charge in [-0.05, 0) is 40.3 Å². The maximum Gasteiger partial charge on any atom is 0.252 e. The number of benzene rings is 2. The lowest BCUT2D eigenvalue weighted by Crippen LogP contribution is -2.28. The van der Waals surface area contributed by atoms with Crippen molar-refractivity contribution in [3.8, 4) is 23.0 Å². The fourth-order valence-corrected chi connectivity index (χ4v) is 4.50. The molecule has 0 saturated carbocycles. The maximum atomic E-state index is 13.1. The van der Waals surface area contributed by atoms with E-state index in [1.807, 2.05) is 36.4 Å². The molecule has 0 radical (unpaired) electrons. The van der Waals surface area contributed by atoms with Gasteiger partial charge in [-0.25, -0.2) is 4.68 Å². The summed E-state index contributed by atoms with van der Waals surface area (Å²) in [6, 6.07) is 11.4. The van der Waals surface area contributed by atoms with Gasteiger partial charge in [0, 0.05) is 37.2 Å². The molecule has 2 aliphatic heterocycles. The Bertz CT molecular complexity index is 1480. The summed E-state index contributed by atoms with van der Waals surface area (Å²) in [4.78, 5) is 18.2. The highest BCUT2D eigenvalue weighted by Crippen LogP contribution is 2.34. The zero-order valence-corrected chi connectivity index (χ0v) is 20.3. The number of hydrogen-bond donors (Lipinski definition) is 1. The Morgan fingerprint density at radius 2 is 1.78 bits per heavy atom. The summed E-state index contributed by atoms with van der Waals surface area (Å²) in [5, 5.41) is 13.0. The fourth-order valence-electron chi connectivity index (χ4n) is 4.50. The molecule has 0 unspecified atom stereocenters. The number of ether oxygens (including phenoxy) is 5. The number of aromatic nitrogens is 5. The molecular formula is C25H26N6O6. The Morgan fingerprint density at radius 1 is 0.973 bits per heavy atom. The second-order valence-electron chi connectivity index (χ2n) is 8.85. The van der Waals surface area contributed by atoms with Crippen molar-refractivity contribution in [2.45, 2.75) is 26.2 Å². The Labute approximate surface area is 211 Å². The van der Waals surface area contributed by atoms with E-state index in [0.717, 1.165) is 16.7 Å². The van der Waals surface area contributed by atoms with Crippen LogP contribution in [0.25, 0.3) is 10.9 Å². The van der Waals surface area contributed by atoms with Gasteiger partial charge in [-0.1, -0.05) is 6.07 Å². The van der Waals surface area contributed by atoms with Crippen molar-refractivity contribution >= 4 is 10.9 Å². The SMILES string of the molecule is COCCn1nnnc1CN(Cc1ccc2c(c1)OCO2)Cc1cc2cc3c(cc2[nH]c1=O)OCCO3. The minimum absolute atomic E-state index is 0.168. The van der Waals surface area contributed by atoms with E-state index in [0.29, 0.717) is 80.2 Å². The smallest absolute Gasteiger partial charge is 0.252 e. The van der Waals surface area contributed by atoms with Crippen LogP contribution in [0.5, 0.6) is 23.0 Å². The normalized spacial score (nSPS) is 14.0. The highest BCUT2D eigenvalue weighted by atomic mass is 16.7. The maximum absolute atomic E-state index is 13.1. The van der Waals surface area contributed by atoms with Crippen LogP contribution in [0.3, 0.4) is 0 Å². The summed E-state index contributed by atoms with van der Waals surface area (Å²) in [6.45, 7) is 3.53. The second kappa shape index (κ2) is 10.1. The van der Waals surface area contributed by atoms with Gasteiger partial charge in [-0.15, -0.1) is 5.10 Å². The first-order chi connectivity index (χ1) is 18.2. The molecule has 192 valence electrons. The minimum atomic E-state index is -0.168. The Hall–Kier alpha value is -4.16. The summed E-state index contributed by atoms with van der Waals surface area (Å²) in [5.41, 5.74) is 2.15. The number of fused-ring (bicyclic) bond motifs is 3. The molecule has 2 aromatic carbocycles. The molecule has 4 heterocycles. The Morgan fingerprint density at radius 3 is 2.65 bits per heavy atom. The van der Waals surface area contributed by atoms with E-state index in [4.69, 9.17) is 23.7 Å². The van der Waals surface area contributed by atoms with Crippen molar-refractivity contribution in [3.05, 3.63) is 63.7 Å². The molecule has 2 aromatic heterocycles. The number of tetrazole rings is 1. The van der Waals surface area contributed by atoms with E-state index in [1.165, 1.54) is 0 Å². The lowest BCUT2D eigenvalue weighted by Gasteiger charge is -2.22. The van der Waals surface area contributed by atoms with Gasteiger partial charge in [-0.3, -0.25) is 9.69 Å². The average Bonchev–Trinajstić information content (AvgIpc) is 3.55. The van der Waals surface area contributed by atoms with Crippen molar-refractivity contribution in [1.29, 1.82) is 0 Å². The van der Waals surface area contributed by atoms with Crippen molar-refractivity contribution in [2.75, 3.05) is 33.7 Å². The van der Waals surface area contributed by atoms with Crippen LogP contribution in [0, 0.1) is 0 Å². The lowest BCUT2D eigenvalue weighted by molar-refractivity contribution is 0.172. The van der Waals surface area contributed by atoms with Gasteiger partial charge in [-0.2, -0.15) is 0 Å². The van der Waals surface area contributed by atoms with Crippen LogP contribution in [-0.4, -0.2) is 63.8 Å². The number of pyridine rings is 1. The molecule has 6 rings (SSSR count). The van der Waals surface area contributed by atoms with E-state index >= 15 is 0 Å². The molecular weight excluding hydrogens is 480 g/mol. The third-order valence-corrected chi connectivity index (χ3v) is 6.30. The standard InChI is InChI=1S/C25H26N6O6/c1-33-5-4-31-24(27-28-29-31)14-30(12-16-2-3-20-21(8-16)37-15-36-20)13-18-9-17-10-22-23(35-7-6-34-22)11-19(17)26-25(18)32/h2-3,8-11H,4-7,12-15H2,1H3,(H,26,32). The van der Waals surface area contributed by atoms with Crippen LogP contribution in [0.1, 0.15) is 17.0 Å². The summed E-state index contributed by atoms with van der Waals surface area (Å²) < 4.78 is 29.3. The Balaban J connectivity index is 1.31. The zero-order chi connectivity index (χ0) is 25.2. The third kappa shape index (κ3) is 4.93. The van der Waals surface area contributed by atoms with Crippen LogP contribution in [0.4, 0.5) is 0 Å². The summed E-state index contributed by atoms with van der Waals surface area (Å²) in [6.07, 6.45) is 0. The molecule has 12 nitrogen and oxygen atoms in total. The van der Waals surface area contributed by atoms with Crippen LogP contribution in [-0.2, 0) is 30.9 Å². The van der Waals surface area contributed by atoms with Crippen molar-refractivity contribution in [2.24, 2.45) is 0 Å². The van der Waals surface area contributed by atoms with Gasteiger partial charge >= 0.3 is 0 Å². The van der Waals surface area contributed by atoms with Crippen molar-refractivity contribution < 1.29 is 23.7 Å². The number of H-pyrrole nitrogens is 1. The van der Waals surface area contributed by atoms with Crippen molar-refractivity contribution in [1.82, 2.24) is 30.1 Å². The van der Waals surface area contributed by atoms with Crippen LogP contribution >= 0.6 is 0 Å². The molecule has 0 saturated heterocycles. The first-order valence-electron chi connectivity index (χ1n) is 12.0. The van der Waals surface area contributed by atoms with Crippen molar-refractivity contribution in [3.63, 3.8) is 0 Å². The number of rotatable bonds is 9. The predicted molar refractivity (Wildman–Crippen MR) is 131 cm³/mol. The molecule has 1 N–H and O–H groups in total. The van der Waals surface area contributed by atoms with Gasteiger partial charge < -0.3 is 28.7 Å². The topological polar surface area (TPSA) is 126 Å². The minimum Gasteiger partial charge on any atom is -0.486 e. The van der Waals surface area contributed by atoms with E-state index in [9.17, 15) is 4.79 Å². The lowest BCUT2D eigenvalue weighted by atomic mass is 10.1. The summed E-state index contributed by atoms with van der Waals surface area (Å²) in [7, 11) is 1.64. The summed E-state index contributed by atoms with van der Waals surface area (Å²) >= 11 is 0. The molecule has 0 amide bonds. The van der Waals surface area contributed by atoms with Gasteiger partial charge in [0.25, 0.3) is 5.56 Å². The molecule has 37 heavy (non-hydrogen) atoms. The van der Waals surface area contributed by atoms with Gasteiger partial charge in [0.15, 0.2) is 28.8 Å². The van der Waals surface area contributed by atoms with Gasteiger partial charge in [0.2, 0.25) is 6.79 Å². The zero-order valence-electron chi connectivity index (χ0n) is 20.3. The quantitative estimate of drug-likeness (QED) is 0.359. The van der Waals surface area contributed by atoms with Gasteiger partial charge in [0.05, 0.1) is 25.2 Å². The number of hydrogen-bond acceptors (Lipinski definition) is 10. The number of nitrogens with zero attached hydrogens (tertiary/aromatic N) is 5. The third-order valence-electron chi connectivity index (χ3n) is 6.30. The fraction of sp³-hybridized carbons (Fsp3) is 0.360. The van der Waals surface area contributed by atoms with Crippen LogP contribution in [0.15, 0.2) is 41.2 Å². The molecule has 0 aliphatic carbocycles. The molecule has 12 heteroatoms. The first kappa shape index (κ1) is 23.3. The summed E-state index contributed by atoms with van der Waals surface area (Å²) in [5.74, 6) is 3.41. The first-order valence-corrected chi connectivity index (χ1v) is 12.0. The molecule has 0 spiro atoms. The highest BCUT2D eigenvalue weighted by Gasteiger charge is 2.19. The molecule has 0 fully saturated rings. The number of nitrogens with one attached hydrogen (secondary N) is 1. The molecule has 0 atom stereocenters. The van der Waals surface area contributed by atoms with Gasteiger partial charge in [0.1, 0.15) is 13.2 Å². The highest BCUT2D eigenvalue weighted by molar-refractivity contribution is 5.83. The Kier molecular flexibility index (Phi) is 6.33. The van der Waals surface area contributed by atoms with E-state index in [2.05, 4.69) is 25.4 Å². The predicted octanol–water partition coefficient (Wildman–Crippen LogP) is 1.86. The largest absolute Gasteiger partial charge is 0.486 e. The van der Waals surface area contributed by atoms with Crippen LogP contribution < -0.4 is 24.5 Å². The van der Waals surface area contributed by atoms with E-state index < -0.39 is 0 Å². The number of methoxy groups -OCH3 is 1. The average molecular weight is 507 g/mol. The molecule has 4 aromatic rings. The number of aromatic amines is 1. The van der Waals surface area contributed by atoms with E-state index in [-0.39, 0.29) is 12.4 Å². The second-order valence-corrected chi connectivity index (χ2v) is 8.85. The molecule has 0 bridgehead atoms. The van der Waals surface area contributed by atoms with E-state index in [1.54, 1.807) is 11.8 Å². The monoisotopic (exact) mass is 506 g/mol.